The summed E-state index contributed by atoms with van der Waals surface area (Å²) in [5.41, 5.74) is 0.0913. The van der Waals surface area contributed by atoms with Crippen LogP contribution in [-0.2, 0) is 0 Å². The molecular formula is C19H16N4O5. The molecule has 1 aromatic heterocycles. The normalized spacial score (nSPS) is 10.2. The van der Waals surface area contributed by atoms with Gasteiger partial charge in [-0.05, 0) is 24.3 Å². The molecule has 0 bridgehead atoms. The second-order valence-corrected chi connectivity index (χ2v) is 5.56. The number of phenolic OH excluding ortho intramolecular Hbond substituents is 2. The molecule has 0 aliphatic carbocycles. The second kappa shape index (κ2) is 8.04. The Hall–Kier alpha value is -4.14. The Morgan fingerprint density at radius 1 is 0.857 bits per heavy atom. The molecule has 1 heterocycles. The Bertz CT molecular complexity index is 961. The van der Waals surface area contributed by atoms with Gasteiger partial charge in [-0.2, -0.15) is 9.97 Å². The maximum atomic E-state index is 12.3. The zero-order chi connectivity index (χ0) is 20.1. The molecule has 0 aliphatic rings. The zero-order valence-corrected chi connectivity index (χ0v) is 14.7. The number of benzene rings is 2. The lowest BCUT2D eigenvalue weighted by Crippen LogP contribution is -2.17. The monoisotopic (exact) mass is 380 g/mol. The first-order valence-corrected chi connectivity index (χ1v) is 8.09. The molecule has 3 aromatic rings. The summed E-state index contributed by atoms with van der Waals surface area (Å²) in [5.74, 6) is -1.62. The minimum atomic E-state index is -0.635. The van der Waals surface area contributed by atoms with Gasteiger partial charge in [-0.25, -0.2) is 0 Å². The van der Waals surface area contributed by atoms with Crippen molar-refractivity contribution in [3.05, 3.63) is 65.7 Å². The molecule has 0 saturated carbocycles. The Morgan fingerprint density at radius 2 is 1.39 bits per heavy atom. The van der Waals surface area contributed by atoms with Crippen LogP contribution >= 0.6 is 0 Å². The third kappa shape index (κ3) is 4.15. The van der Waals surface area contributed by atoms with Crippen molar-refractivity contribution in [2.75, 3.05) is 17.7 Å². The number of hydrogen-bond acceptors (Lipinski definition) is 7. The molecule has 0 aliphatic heterocycles. The van der Waals surface area contributed by atoms with Gasteiger partial charge in [0.15, 0.2) is 0 Å². The van der Waals surface area contributed by atoms with E-state index in [1.165, 1.54) is 37.4 Å². The predicted molar refractivity (Wildman–Crippen MR) is 101 cm³/mol. The molecule has 0 radical (unpaired) electrons. The highest BCUT2D eigenvalue weighted by molar-refractivity contribution is 6.06. The maximum Gasteiger partial charge on any atom is 0.261 e. The van der Waals surface area contributed by atoms with E-state index >= 15 is 0 Å². The number of ether oxygens (including phenoxy) is 1. The van der Waals surface area contributed by atoms with Crippen LogP contribution < -0.4 is 15.4 Å². The lowest BCUT2D eigenvalue weighted by atomic mass is 10.2. The van der Waals surface area contributed by atoms with Gasteiger partial charge in [-0.3, -0.25) is 14.9 Å². The summed E-state index contributed by atoms with van der Waals surface area (Å²) in [5, 5.41) is 24.5. The molecule has 0 spiro atoms. The third-order valence-electron chi connectivity index (χ3n) is 3.68. The van der Waals surface area contributed by atoms with Crippen molar-refractivity contribution < 1.29 is 24.5 Å². The summed E-state index contributed by atoms with van der Waals surface area (Å²) in [7, 11) is 1.37. The van der Waals surface area contributed by atoms with Gasteiger partial charge in [0, 0.05) is 6.07 Å². The molecule has 4 N–H and O–H groups in total. The van der Waals surface area contributed by atoms with Gasteiger partial charge in [-0.15, -0.1) is 0 Å². The van der Waals surface area contributed by atoms with Crippen molar-refractivity contribution >= 4 is 23.6 Å². The van der Waals surface area contributed by atoms with Crippen LogP contribution in [0.1, 0.15) is 20.7 Å². The SMILES string of the molecule is COc1cc(NC(=O)c2ccccc2O)nc(NC(=O)c2ccccc2O)n1. The number of phenols is 2. The molecular weight excluding hydrogens is 364 g/mol. The quantitative estimate of drug-likeness (QED) is 0.534. The van der Waals surface area contributed by atoms with Crippen LogP contribution in [0, 0.1) is 0 Å². The van der Waals surface area contributed by atoms with Crippen molar-refractivity contribution in [3.8, 4) is 17.4 Å². The summed E-state index contributed by atoms with van der Waals surface area (Å²) in [4.78, 5) is 32.7. The number of amides is 2. The van der Waals surface area contributed by atoms with Gasteiger partial charge in [-0.1, -0.05) is 24.3 Å². The van der Waals surface area contributed by atoms with Crippen LogP contribution in [0.2, 0.25) is 0 Å². The number of aromatic hydroxyl groups is 2. The summed E-state index contributed by atoms with van der Waals surface area (Å²) in [6, 6.07) is 13.4. The average molecular weight is 380 g/mol. The summed E-state index contributed by atoms with van der Waals surface area (Å²) >= 11 is 0. The van der Waals surface area contributed by atoms with E-state index < -0.39 is 11.8 Å². The molecule has 9 nitrogen and oxygen atoms in total. The molecule has 2 aromatic carbocycles. The fourth-order valence-electron chi connectivity index (χ4n) is 2.33. The molecule has 2 amide bonds. The standard InChI is InChI=1S/C19H16N4O5/c1-28-16-10-15(20-17(26)11-6-2-4-8-13(11)24)21-19(22-16)23-18(27)12-7-3-5-9-14(12)25/h2-10,24-25H,1H3,(H2,20,21,22,23,26,27). The highest BCUT2D eigenvalue weighted by Crippen LogP contribution is 2.21. The largest absolute Gasteiger partial charge is 0.507 e. The fourth-order valence-corrected chi connectivity index (χ4v) is 2.33. The van der Waals surface area contributed by atoms with Crippen molar-refractivity contribution in [2.24, 2.45) is 0 Å². The number of rotatable bonds is 5. The summed E-state index contributed by atoms with van der Waals surface area (Å²) in [6.07, 6.45) is 0. The van der Waals surface area contributed by atoms with Gasteiger partial charge < -0.3 is 20.3 Å². The minimum absolute atomic E-state index is 0.0358. The first kappa shape index (κ1) is 18.6. The van der Waals surface area contributed by atoms with E-state index in [4.69, 9.17) is 4.74 Å². The lowest BCUT2D eigenvalue weighted by molar-refractivity contribution is 0.101. The Morgan fingerprint density at radius 3 is 1.93 bits per heavy atom. The van der Waals surface area contributed by atoms with Gasteiger partial charge in [0.25, 0.3) is 11.8 Å². The topological polar surface area (TPSA) is 134 Å². The van der Waals surface area contributed by atoms with E-state index in [0.717, 1.165) is 0 Å². The predicted octanol–water partition coefficient (Wildman–Crippen LogP) is 2.40. The molecule has 0 saturated heterocycles. The average Bonchev–Trinajstić information content (AvgIpc) is 2.68. The van der Waals surface area contributed by atoms with Gasteiger partial charge in [0.05, 0.1) is 18.2 Å². The first-order chi connectivity index (χ1) is 13.5. The van der Waals surface area contributed by atoms with Crippen LogP contribution in [-0.4, -0.2) is 39.1 Å². The van der Waals surface area contributed by atoms with E-state index in [0.29, 0.717) is 0 Å². The number of aromatic nitrogens is 2. The molecule has 0 atom stereocenters. The van der Waals surface area contributed by atoms with Crippen LogP contribution in [0.15, 0.2) is 54.6 Å². The van der Waals surface area contributed by atoms with E-state index in [1.54, 1.807) is 24.3 Å². The molecule has 9 heteroatoms. The fraction of sp³-hybridized carbons (Fsp3) is 0.0526. The number of nitrogens with one attached hydrogen (secondary N) is 2. The van der Waals surface area contributed by atoms with E-state index in [2.05, 4.69) is 20.6 Å². The van der Waals surface area contributed by atoms with E-state index in [9.17, 15) is 19.8 Å². The number of hydrogen-bond donors (Lipinski definition) is 4. The first-order valence-electron chi connectivity index (χ1n) is 8.09. The van der Waals surface area contributed by atoms with Crippen LogP contribution in [0.5, 0.6) is 17.4 Å². The van der Waals surface area contributed by atoms with E-state index in [-0.39, 0.29) is 40.3 Å². The molecule has 28 heavy (non-hydrogen) atoms. The number of nitrogens with zero attached hydrogens (tertiary/aromatic N) is 2. The molecule has 0 fully saturated rings. The Kier molecular flexibility index (Phi) is 5.35. The van der Waals surface area contributed by atoms with Gasteiger partial charge in [0.2, 0.25) is 11.8 Å². The third-order valence-corrected chi connectivity index (χ3v) is 3.68. The second-order valence-electron chi connectivity index (χ2n) is 5.56. The highest BCUT2D eigenvalue weighted by atomic mass is 16.5. The van der Waals surface area contributed by atoms with Gasteiger partial charge >= 0.3 is 0 Å². The maximum absolute atomic E-state index is 12.3. The minimum Gasteiger partial charge on any atom is -0.507 e. The Balaban J connectivity index is 1.84. The van der Waals surface area contributed by atoms with Crippen molar-refractivity contribution in [3.63, 3.8) is 0 Å². The van der Waals surface area contributed by atoms with Crippen molar-refractivity contribution in [1.82, 2.24) is 9.97 Å². The van der Waals surface area contributed by atoms with Crippen LogP contribution in [0.25, 0.3) is 0 Å². The summed E-state index contributed by atoms with van der Waals surface area (Å²) < 4.78 is 5.07. The molecule has 0 unspecified atom stereocenters. The van der Waals surface area contributed by atoms with E-state index in [1.807, 2.05) is 0 Å². The zero-order valence-electron chi connectivity index (χ0n) is 14.7. The van der Waals surface area contributed by atoms with Crippen molar-refractivity contribution in [2.45, 2.75) is 0 Å². The number of methoxy groups -OCH3 is 1. The van der Waals surface area contributed by atoms with Crippen molar-refractivity contribution in [1.29, 1.82) is 0 Å². The molecule has 142 valence electrons. The summed E-state index contributed by atoms with van der Waals surface area (Å²) in [6.45, 7) is 0. The molecule has 3 rings (SSSR count). The lowest BCUT2D eigenvalue weighted by Gasteiger charge is -2.10. The van der Waals surface area contributed by atoms with Crippen LogP contribution in [0.4, 0.5) is 11.8 Å². The number of anilines is 2. The highest BCUT2D eigenvalue weighted by Gasteiger charge is 2.16. The number of para-hydroxylation sites is 2. The number of carbonyl (C=O) groups excluding carboxylic acids is 2. The van der Waals surface area contributed by atoms with Gasteiger partial charge in [0.1, 0.15) is 17.3 Å². The smallest absolute Gasteiger partial charge is 0.261 e. The number of carbonyl (C=O) groups is 2. The Labute approximate surface area is 159 Å². The van der Waals surface area contributed by atoms with Crippen LogP contribution in [0.3, 0.4) is 0 Å².